The van der Waals surface area contributed by atoms with Gasteiger partial charge in [0, 0.05) is 5.56 Å². The summed E-state index contributed by atoms with van der Waals surface area (Å²) in [5.74, 6) is -3.74. The number of carbonyl (C=O) groups excluding carboxylic acids is 1. The third-order valence-electron chi connectivity index (χ3n) is 6.74. The van der Waals surface area contributed by atoms with E-state index >= 15 is 0 Å². The van der Waals surface area contributed by atoms with Crippen LogP contribution in [0.4, 0.5) is 8.78 Å². The highest BCUT2D eigenvalue weighted by atomic mass is 32.2. The van der Waals surface area contributed by atoms with Gasteiger partial charge in [0.15, 0.2) is 21.5 Å². The molecular formula is C29H30F2N4O8S2. The summed E-state index contributed by atoms with van der Waals surface area (Å²) in [6.07, 6.45) is -1.12. The Bertz CT molecular complexity index is 1820. The normalized spacial score (nSPS) is 14.1. The van der Waals surface area contributed by atoms with Gasteiger partial charge in [-0.2, -0.15) is 8.78 Å². The lowest BCUT2D eigenvalue weighted by Crippen LogP contribution is -2.54. The van der Waals surface area contributed by atoms with Gasteiger partial charge in [0.2, 0.25) is 11.8 Å². The standard InChI is InChI=1S/C29H30F2N4O8S2/c1-2-21(26(36)28-34-22-13-7-9-15-25(22)42-28)33-27(37)23(35(18-32)45(40,41)20-11-4-3-5-12-20)17-44(38,39)16-19-10-6-8-14-24(19)43-29(30)31/h3-15,18,21,23,26,29,32,36H,2,16-17H2,1H3,(H,33,37)/t21-,23?,26?/m0/s1. The molecule has 1 heterocycles. The van der Waals surface area contributed by atoms with Crippen molar-refractivity contribution in [2.75, 3.05) is 5.75 Å². The molecule has 0 aliphatic rings. The van der Waals surface area contributed by atoms with E-state index in [1.807, 2.05) is 0 Å². The van der Waals surface area contributed by atoms with Crippen molar-refractivity contribution in [3.63, 3.8) is 0 Å². The van der Waals surface area contributed by atoms with Crippen LogP contribution in [0.3, 0.4) is 0 Å². The number of hydrogen-bond acceptors (Lipinski definition) is 10. The highest BCUT2D eigenvalue weighted by molar-refractivity contribution is 7.91. The fraction of sp³-hybridized carbons (Fsp3) is 0.276. The van der Waals surface area contributed by atoms with Crippen LogP contribution in [0.15, 0.2) is 88.2 Å². The monoisotopic (exact) mass is 664 g/mol. The van der Waals surface area contributed by atoms with E-state index in [4.69, 9.17) is 9.83 Å². The second-order valence-electron chi connectivity index (χ2n) is 9.82. The summed E-state index contributed by atoms with van der Waals surface area (Å²) in [5, 5.41) is 21.4. The maximum atomic E-state index is 13.8. The summed E-state index contributed by atoms with van der Waals surface area (Å²) < 4.78 is 90.2. The van der Waals surface area contributed by atoms with Gasteiger partial charge in [0.1, 0.15) is 17.3 Å². The Morgan fingerprint density at radius 2 is 1.69 bits per heavy atom. The van der Waals surface area contributed by atoms with Crippen LogP contribution in [0.5, 0.6) is 5.75 Å². The van der Waals surface area contributed by atoms with Crippen molar-refractivity contribution in [2.45, 2.75) is 48.8 Å². The molecule has 2 unspecified atom stereocenters. The van der Waals surface area contributed by atoms with Crippen molar-refractivity contribution in [2.24, 2.45) is 0 Å². The molecule has 0 saturated heterocycles. The Morgan fingerprint density at radius 3 is 2.33 bits per heavy atom. The maximum Gasteiger partial charge on any atom is 0.387 e. The average Bonchev–Trinajstić information content (AvgIpc) is 3.45. The van der Waals surface area contributed by atoms with Crippen LogP contribution in [-0.2, 0) is 30.4 Å². The Labute approximate surface area is 258 Å². The van der Waals surface area contributed by atoms with Crippen LogP contribution < -0.4 is 10.1 Å². The number of para-hydroxylation sites is 3. The molecule has 4 aromatic rings. The van der Waals surface area contributed by atoms with E-state index in [1.54, 1.807) is 37.3 Å². The van der Waals surface area contributed by atoms with Gasteiger partial charge in [-0.1, -0.05) is 55.5 Å². The van der Waals surface area contributed by atoms with E-state index in [0.717, 1.165) is 6.07 Å². The van der Waals surface area contributed by atoms with Gasteiger partial charge in [-0.05, 0) is 36.8 Å². The lowest BCUT2D eigenvalue weighted by molar-refractivity contribution is -0.125. The molecule has 240 valence electrons. The first-order chi connectivity index (χ1) is 21.4. The van der Waals surface area contributed by atoms with Crippen molar-refractivity contribution in [3.8, 4) is 5.75 Å². The third kappa shape index (κ3) is 8.01. The number of ether oxygens (including phenoxy) is 1. The van der Waals surface area contributed by atoms with E-state index in [9.17, 15) is 35.5 Å². The molecule has 0 radical (unpaired) electrons. The topological polar surface area (TPSA) is 180 Å². The van der Waals surface area contributed by atoms with E-state index < -0.39 is 67.8 Å². The number of aliphatic hydroxyl groups excluding tert-OH is 1. The number of sulfone groups is 1. The van der Waals surface area contributed by atoms with Gasteiger partial charge in [-0.25, -0.2) is 26.1 Å². The van der Waals surface area contributed by atoms with E-state index in [0.29, 0.717) is 21.7 Å². The fourth-order valence-corrected chi connectivity index (χ4v) is 7.65. The molecule has 45 heavy (non-hydrogen) atoms. The molecule has 0 saturated carbocycles. The molecule has 0 aliphatic carbocycles. The molecule has 0 bridgehead atoms. The number of fused-ring (bicyclic) bond motifs is 1. The zero-order valence-corrected chi connectivity index (χ0v) is 25.4. The van der Waals surface area contributed by atoms with Crippen LogP contribution in [0.25, 0.3) is 11.1 Å². The van der Waals surface area contributed by atoms with Gasteiger partial charge in [0.25, 0.3) is 10.0 Å². The minimum absolute atomic E-state index is 0.0828. The SMILES string of the molecule is CC[C@H](NC(=O)C(CS(=O)(=O)Cc1ccccc1OC(F)F)N(C=N)S(=O)(=O)c1ccccc1)C(O)c1nc2ccccc2o1. The first-order valence-corrected chi connectivity index (χ1v) is 16.8. The van der Waals surface area contributed by atoms with Crippen molar-refractivity contribution < 1.29 is 44.7 Å². The third-order valence-corrected chi connectivity index (χ3v) is 10.1. The highest BCUT2D eigenvalue weighted by Gasteiger charge is 2.39. The van der Waals surface area contributed by atoms with E-state index in [1.165, 1.54) is 42.5 Å². The van der Waals surface area contributed by atoms with Gasteiger partial charge in [-0.15, -0.1) is 0 Å². The molecule has 0 aliphatic heterocycles. The molecule has 4 rings (SSSR count). The predicted molar refractivity (Wildman–Crippen MR) is 160 cm³/mol. The molecule has 3 atom stereocenters. The van der Waals surface area contributed by atoms with Gasteiger partial charge >= 0.3 is 6.61 Å². The lowest BCUT2D eigenvalue weighted by Gasteiger charge is -2.30. The van der Waals surface area contributed by atoms with Crippen molar-refractivity contribution >= 4 is 43.2 Å². The molecule has 1 aromatic heterocycles. The molecule has 0 spiro atoms. The minimum atomic E-state index is -4.65. The highest BCUT2D eigenvalue weighted by Crippen LogP contribution is 2.26. The smallest absolute Gasteiger partial charge is 0.387 e. The number of nitrogens with one attached hydrogen (secondary N) is 2. The number of benzene rings is 3. The Kier molecular flexibility index (Phi) is 10.5. The van der Waals surface area contributed by atoms with Crippen LogP contribution in [0.1, 0.15) is 30.9 Å². The van der Waals surface area contributed by atoms with Crippen LogP contribution >= 0.6 is 0 Å². The molecule has 1 amide bonds. The number of rotatable bonds is 15. The second-order valence-corrected chi connectivity index (χ2v) is 13.8. The zero-order chi connectivity index (χ0) is 32.8. The summed E-state index contributed by atoms with van der Waals surface area (Å²) >= 11 is 0. The molecule has 3 N–H and O–H groups in total. The largest absolute Gasteiger partial charge is 0.438 e. The van der Waals surface area contributed by atoms with Gasteiger partial charge in [0.05, 0.1) is 28.8 Å². The fourth-order valence-electron chi connectivity index (χ4n) is 4.55. The molecule has 3 aromatic carbocycles. The Balaban J connectivity index is 1.68. The summed E-state index contributed by atoms with van der Waals surface area (Å²) in [6, 6.07) is 15.4. The molecule has 16 heteroatoms. The number of sulfonamides is 1. The first-order valence-electron chi connectivity index (χ1n) is 13.5. The van der Waals surface area contributed by atoms with Crippen molar-refractivity contribution in [1.82, 2.24) is 14.6 Å². The van der Waals surface area contributed by atoms with Gasteiger partial charge in [-0.3, -0.25) is 10.2 Å². The lowest BCUT2D eigenvalue weighted by atomic mass is 10.1. The minimum Gasteiger partial charge on any atom is -0.438 e. The van der Waals surface area contributed by atoms with Crippen LogP contribution in [0.2, 0.25) is 0 Å². The number of amides is 1. The summed E-state index contributed by atoms with van der Waals surface area (Å²) in [5.41, 5.74) is 0.663. The predicted octanol–water partition coefficient (Wildman–Crippen LogP) is 3.64. The molecular weight excluding hydrogens is 634 g/mol. The quantitative estimate of drug-likeness (QED) is 0.126. The number of halogens is 2. The molecule has 12 nitrogen and oxygen atoms in total. The Morgan fingerprint density at radius 1 is 1.04 bits per heavy atom. The number of hydrogen-bond donors (Lipinski definition) is 3. The number of oxazole rings is 1. The van der Waals surface area contributed by atoms with Crippen LogP contribution in [0, 0.1) is 5.41 Å². The van der Waals surface area contributed by atoms with Crippen LogP contribution in [-0.4, -0.2) is 67.9 Å². The maximum absolute atomic E-state index is 13.8. The van der Waals surface area contributed by atoms with Gasteiger partial charge < -0.3 is 19.6 Å². The van der Waals surface area contributed by atoms with Crippen molar-refractivity contribution in [3.05, 3.63) is 90.3 Å². The zero-order valence-electron chi connectivity index (χ0n) is 23.8. The Hall–Kier alpha value is -4.41. The average molecular weight is 665 g/mol. The second kappa shape index (κ2) is 14.1. The van der Waals surface area contributed by atoms with E-state index in [-0.39, 0.29) is 22.8 Å². The summed E-state index contributed by atoms with van der Waals surface area (Å²) in [7, 11) is -9.10. The number of aliphatic hydroxyl groups is 1. The number of alkyl halides is 2. The number of nitrogens with zero attached hydrogens (tertiary/aromatic N) is 2. The summed E-state index contributed by atoms with van der Waals surface area (Å²) in [4.78, 5) is 17.7. The number of aromatic nitrogens is 1. The first kappa shape index (κ1) is 33.5. The number of carbonyl (C=O) groups is 1. The van der Waals surface area contributed by atoms with Crippen molar-refractivity contribution in [1.29, 1.82) is 5.41 Å². The van der Waals surface area contributed by atoms with E-state index in [2.05, 4.69) is 15.0 Å². The summed E-state index contributed by atoms with van der Waals surface area (Å²) in [6.45, 7) is -1.63. The molecule has 0 fully saturated rings.